The van der Waals surface area contributed by atoms with Crippen molar-refractivity contribution in [2.45, 2.75) is 6.54 Å². The minimum Gasteiger partial charge on any atom is -0.438 e. The van der Waals surface area contributed by atoms with Gasteiger partial charge >= 0.3 is 0 Å². The van der Waals surface area contributed by atoms with E-state index in [1.54, 1.807) is 35.6 Å². The molecule has 0 aliphatic heterocycles. The maximum Gasteiger partial charge on any atom is 0.248 e. The summed E-state index contributed by atoms with van der Waals surface area (Å²) in [6, 6.07) is 16.9. The summed E-state index contributed by atoms with van der Waals surface area (Å²) in [5.41, 5.74) is 7.87. The molecule has 0 saturated heterocycles. The van der Waals surface area contributed by atoms with Crippen molar-refractivity contribution in [2.75, 3.05) is 14.1 Å². The smallest absolute Gasteiger partial charge is 0.248 e. The number of fused-ring (bicyclic) bond motifs is 1. The van der Waals surface area contributed by atoms with E-state index in [1.807, 2.05) is 49.3 Å². The van der Waals surface area contributed by atoms with Gasteiger partial charge in [-0.15, -0.1) is 11.3 Å². The normalized spacial score (nSPS) is 11.1. The van der Waals surface area contributed by atoms with Crippen LogP contribution in [0.1, 0.15) is 16.2 Å². The molecule has 0 spiro atoms. The SMILES string of the molecule is CN(C)Cc1nc(Oc2cccc(C(N)=O)c2)c2c(-c3ccccc3)csc2n1. The Bertz CT molecular complexity index is 1170. The number of hydrogen-bond acceptors (Lipinski definition) is 6. The zero-order valence-electron chi connectivity index (χ0n) is 16.1. The van der Waals surface area contributed by atoms with E-state index in [1.165, 1.54) is 0 Å². The molecule has 4 rings (SSSR count). The lowest BCUT2D eigenvalue weighted by Crippen LogP contribution is -2.13. The molecule has 0 bridgehead atoms. The molecular formula is C22H20N4O2S. The average Bonchev–Trinajstić information content (AvgIpc) is 3.12. The van der Waals surface area contributed by atoms with Gasteiger partial charge in [0.1, 0.15) is 16.4 Å². The molecule has 7 heteroatoms. The molecule has 2 heterocycles. The predicted molar refractivity (Wildman–Crippen MR) is 115 cm³/mol. The first-order chi connectivity index (χ1) is 14.0. The van der Waals surface area contributed by atoms with Crippen LogP contribution >= 0.6 is 11.3 Å². The van der Waals surface area contributed by atoms with Crippen LogP contribution in [0.25, 0.3) is 21.3 Å². The van der Waals surface area contributed by atoms with Crippen LogP contribution in [0.3, 0.4) is 0 Å². The van der Waals surface area contributed by atoms with Crippen molar-refractivity contribution in [1.82, 2.24) is 14.9 Å². The second kappa shape index (κ2) is 7.98. The number of primary amides is 1. The molecular weight excluding hydrogens is 384 g/mol. The number of nitrogens with two attached hydrogens (primary N) is 1. The van der Waals surface area contributed by atoms with Crippen LogP contribution in [0, 0.1) is 0 Å². The third-order valence-corrected chi connectivity index (χ3v) is 5.19. The minimum absolute atomic E-state index is 0.384. The van der Waals surface area contributed by atoms with Gasteiger partial charge in [-0.1, -0.05) is 36.4 Å². The van der Waals surface area contributed by atoms with E-state index in [0.717, 1.165) is 21.3 Å². The molecule has 0 radical (unpaired) electrons. The molecule has 0 unspecified atom stereocenters. The monoisotopic (exact) mass is 404 g/mol. The quantitative estimate of drug-likeness (QED) is 0.518. The van der Waals surface area contributed by atoms with Gasteiger partial charge in [-0.2, -0.15) is 4.98 Å². The van der Waals surface area contributed by atoms with Gasteiger partial charge < -0.3 is 15.4 Å². The van der Waals surface area contributed by atoms with Crippen LogP contribution in [0.4, 0.5) is 0 Å². The Kier molecular flexibility index (Phi) is 5.24. The van der Waals surface area contributed by atoms with Gasteiger partial charge in [-0.05, 0) is 37.9 Å². The number of ether oxygens (including phenoxy) is 1. The second-order valence-electron chi connectivity index (χ2n) is 6.87. The average molecular weight is 404 g/mol. The molecule has 0 aliphatic rings. The summed E-state index contributed by atoms with van der Waals surface area (Å²) >= 11 is 1.56. The largest absolute Gasteiger partial charge is 0.438 e. The van der Waals surface area contributed by atoms with E-state index < -0.39 is 5.91 Å². The number of carbonyl (C=O) groups is 1. The van der Waals surface area contributed by atoms with Crippen LogP contribution in [0.5, 0.6) is 11.6 Å². The molecule has 2 aromatic heterocycles. The first-order valence-corrected chi connectivity index (χ1v) is 9.95. The summed E-state index contributed by atoms with van der Waals surface area (Å²) in [5, 5.41) is 2.93. The Hall–Kier alpha value is -3.29. The number of amides is 1. The highest BCUT2D eigenvalue weighted by Crippen LogP contribution is 2.39. The predicted octanol–water partition coefficient (Wildman–Crippen LogP) is 4.31. The number of thiophene rings is 1. The van der Waals surface area contributed by atoms with Gasteiger partial charge in [0.25, 0.3) is 0 Å². The van der Waals surface area contributed by atoms with Crippen molar-refractivity contribution in [3.8, 4) is 22.8 Å². The summed E-state index contributed by atoms with van der Waals surface area (Å²) in [4.78, 5) is 23.8. The van der Waals surface area contributed by atoms with E-state index in [4.69, 9.17) is 15.5 Å². The van der Waals surface area contributed by atoms with Gasteiger partial charge in [0.05, 0.1) is 11.9 Å². The molecule has 2 aromatic carbocycles. The van der Waals surface area contributed by atoms with Crippen molar-refractivity contribution in [3.05, 3.63) is 71.4 Å². The first-order valence-electron chi connectivity index (χ1n) is 9.07. The van der Waals surface area contributed by atoms with E-state index in [2.05, 4.69) is 10.4 Å². The summed E-state index contributed by atoms with van der Waals surface area (Å²) in [6.07, 6.45) is 0. The van der Waals surface area contributed by atoms with Gasteiger partial charge in [0, 0.05) is 16.5 Å². The van der Waals surface area contributed by atoms with Gasteiger partial charge in [-0.3, -0.25) is 4.79 Å². The van der Waals surface area contributed by atoms with Crippen molar-refractivity contribution >= 4 is 27.5 Å². The number of nitrogens with zero attached hydrogens (tertiary/aromatic N) is 3. The Balaban J connectivity index is 1.86. The van der Waals surface area contributed by atoms with Crippen LogP contribution < -0.4 is 10.5 Å². The fraction of sp³-hybridized carbons (Fsp3) is 0.136. The van der Waals surface area contributed by atoms with Crippen molar-refractivity contribution < 1.29 is 9.53 Å². The maximum absolute atomic E-state index is 11.5. The highest BCUT2D eigenvalue weighted by molar-refractivity contribution is 7.17. The maximum atomic E-state index is 11.5. The lowest BCUT2D eigenvalue weighted by molar-refractivity contribution is 0.1000. The summed E-state index contributed by atoms with van der Waals surface area (Å²) in [7, 11) is 3.93. The van der Waals surface area contributed by atoms with Gasteiger partial charge in [0.15, 0.2) is 0 Å². The standard InChI is InChI=1S/C22H20N4O2S/c1-26(2)12-18-24-21(28-16-10-6-9-15(11-16)20(23)27)19-17(13-29-22(19)25-18)14-7-4-3-5-8-14/h3-11,13H,12H2,1-2H3,(H2,23,27). The lowest BCUT2D eigenvalue weighted by atomic mass is 10.1. The van der Waals surface area contributed by atoms with E-state index in [-0.39, 0.29) is 0 Å². The number of carbonyl (C=O) groups excluding carboxylic acids is 1. The first kappa shape index (κ1) is 19.0. The lowest BCUT2D eigenvalue weighted by Gasteiger charge is -2.12. The van der Waals surface area contributed by atoms with Crippen LogP contribution in [0.2, 0.25) is 0 Å². The minimum atomic E-state index is -0.503. The number of hydrogen-bond donors (Lipinski definition) is 1. The molecule has 2 N–H and O–H groups in total. The van der Waals surface area contributed by atoms with Crippen LogP contribution in [-0.2, 0) is 6.54 Å². The Morgan fingerprint density at radius 2 is 1.90 bits per heavy atom. The van der Waals surface area contributed by atoms with Crippen LogP contribution in [-0.4, -0.2) is 34.9 Å². The highest BCUT2D eigenvalue weighted by Gasteiger charge is 2.18. The number of rotatable bonds is 6. The molecule has 6 nitrogen and oxygen atoms in total. The molecule has 29 heavy (non-hydrogen) atoms. The molecule has 1 amide bonds. The van der Waals surface area contributed by atoms with Crippen molar-refractivity contribution in [1.29, 1.82) is 0 Å². The fourth-order valence-corrected chi connectivity index (χ4v) is 3.99. The Morgan fingerprint density at radius 3 is 2.62 bits per heavy atom. The molecule has 0 atom stereocenters. The fourth-order valence-electron chi connectivity index (χ4n) is 3.03. The van der Waals surface area contributed by atoms with Crippen molar-refractivity contribution in [2.24, 2.45) is 5.73 Å². The molecule has 0 aliphatic carbocycles. The molecule has 146 valence electrons. The van der Waals surface area contributed by atoms with E-state index in [9.17, 15) is 4.79 Å². The zero-order valence-corrected chi connectivity index (χ0v) is 16.9. The highest BCUT2D eigenvalue weighted by atomic mass is 32.1. The molecule has 0 fully saturated rings. The molecule has 0 saturated carbocycles. The third-order valence-electron chi connectivity index (χ3n) is 4.32. The van der Waals surface area contributed by atoms with Gasteiger partial charge in [-0.25, -0.2) is 4.98 Å². The third kappa shape index (κ3) is 4.11. The Labute approximate surface area is 172 Å². The molecule has 4 aromatic rings. The zero-order chi connectivity index (χ0) is 20.4. The summed E-state index contributed by atoms with van der Waals surface area (Å²) in [5.74, 6) is 1.14. The Morgan fingerprint density at radius 1 is 1.10 bits per heavy atom. The summed E-state index contributed by atoms with van der Waals surface area (Å²) in [6.45, 7) is 0.589. The van der Waals surface area contributed by atoms with E-state index >= 15 is 0 Å². The summed E-state index contributed by atoms with van der Waals surface area (Å²) < 4.78 is 6.15. The topological polar surface area (TPSA) is 81.3 Å². The number of benzene rings is 2. The van der Waals surface area contributed by atoms with Crippen LogP contribution in [0.15, 0.2) is 60.0 Å². The van der Waals surface area contributed by atoms with Crippen molar-refractivity contribution in [3.63, 3.8) is 0 Å². The van der Waals surface area contributed by atoms with Gasteiger partial charge in [0.2, 0.25) is 11.8 Å². The second-order valence-corrected chi connectivity index (χ2v) is 7.73. The number of aromatic nitrogens is 2. The van der Waals surface area contributed by atoms with E-state index in [0.29, 0.717) is 29.6 Å².